The van der Waals surface area contributed by atoms with Gasteiger partial charge in [-0.15, -0.1) is 12.3 Å². The van der Waals surface area contributed by atoms with Gasteiger partial charge in [0.05, 0.1) is 13.2 Å². The van der Waals surface area contributed by atoms with Crippen LogP contribution < -0.4 is 0 Å². The molecule has 0 bridgehead atoms. The molecular weight excluding hydrogens is 304 g/mol. The van der Waals surface area contributed by atoms with Crippen molar-refractivity contribution in [1.29, 1.82) is 0 Å². The second kappa shape index (κ2) is 7.20. The zero-order valence-electron chi connectivity index (χ0n) is 14.7. The van der Waals surface area contributed by atoms with Gasteiger partial charge in [-0.05, 0) is 19.8 Å². The summed E-state index contributed by atoms with van der Waals surface area (Å²) in [5.41, 5.74) is -0.143. The SMILES string of the molecule is C#CCCC1(CCC(=O)N2CCC(C)(N3CCOCC3)CC2)N=N1. The Bertz CT molecular complexity index is 520. The Morgan fingerprint density at radius 1 is 1.17 bits per heavy atom. The molecule has 0 N–H and O–H groups in total. The number of hydrogen-bond donors (Lipinski definition) is 0. The Balaban J connectivity index is 1.43. The van der Waals surface area contributed by atoms with Gasteiger partial charge in [-0.2, -0.15) is 10.2 Å². The van der Waals surface area contributed by atoms with E-state index in [1.54, 1.807) is 0 Å². The van der Waals surface area contributed by atoms with E-state index in [2.05, 4.69) is 28.0 Å². The molecule has 3 aliphatic rings. The second-order valence-corrected chi connectivity index (χ2v) is 7.36. The molecule has 0 atom stereocenters. The van der Waals surface area contributed by atoms with Crippen LogP contribution in [0.1, 0.15) is 45.4 Å². The van der Waals surface area contributed by atoms with Crippen LogP contribution in [0.4, 0.5) is 0 Å². The van der Waals surface area contributed by atoms with Crippen LogP contribution in [0.2, 0.25) is 0 Å². The van der Waals surface area contributed by atoms with E-state index < -0.39 is 0 Å². The molecule has 6 heteroatoms. The highest BCUT2D eigenvalue weighted by Gasteiger charge is 2.41. The maximum atomic E-state index is 12.5. The van der Waals surface area contributed by atoms with Crippen LogP contribution in [0.25, 0.3) is 0 Å². The molecule has 1 amide bonds. The summed E-state index contributed by atoms with van der Waals surface area (Å²) >= 11 is 0. The van der Waals surface area contributed by atoms with Crippen molar-refractivity contribution in [2.24, 2.45) is 10.2 Å². The third-order valence-electron chi connectivity index (χ3n) is 5.76. The van der Waals surface area contributed by atoms with Gasteiger partial charge >= 0.3 is 0 Å². The molecule has 0 aliphatic carbocycles. The number of rotatable bonds is 6. The van der Waals surface area contributed by atoms with Crippen molar-refractivity contribution in [1.82, 2.24) is 9.80 Å². The Morgan fingerprint density at radius 2 is 1.83 bits per heavy atom. The van der Waals surface area contributed by atoms with Gasteiger partial charge in [0.25, 0.3) is 0 Å². The average Bonchev–Trinajstić information content (AvgIpc) is 3.40. The summed E-state index contributed by atoms with van der Waals surface area (Å²) in [7, 11) is 0. The minimum atomic E-state index is -0.347. The molecule has 3 aliphatic heterocycles. The molecule has 0 aromatic carbocycles. The lowest BCUT2D eigenvalue weighted by Crippen LogP contribution is -2.57. The summed E-state index contributed by atoms with van der Waals surface area (Å²) in [6.45, 7) is 7.68. The summed E-state index contributed by atoms with van der Waals surface area (Å²) < 4.78 is 5.46. The van der Waals surface area contributed by atoms with E-state index in [1.807, 2.05) is 4.90 Å². The molecule has 0 saturated carbocycles. The molecule has 0 aromatic heterocycles. The predicted molar refractivity (Wildman–Crippen MR) is 91.5 cm³/mol. The van der Waals surface area contributed by atoms with E-state index in [9.17, 15) is 4.79 Å². The summed E-state index contributed by atoms with van der Waals surface area (Å²) in [6.07, 6.45) is 10.0. The Labute approximate surface area is 144 Å². The smallest absolute Gasteiger partial charge is 0.222 e. The molecular formula is C18H28N4O2. The maximum absolute atomic E-state index is 12.5. The lowest BCUT2D eigenvalue weighted by Gasteiger charge is -2.48. The van der Waals surface area contributed by atoms with E-state index in [-0.39, 0.29) is 17.1 Å². The fourth-order valence-corrected chi connectivity index (χ4v) is 3.79. The fraction of sp³-hybridized carbons (Fsp3) is 0.833. The van der Waals surface area contributed by atoms with Gasteiger partial charge in [-0.1, -0.05) is 0 Å². The highest BCUT2D eigenvalue weighted by atomic mass is 16.5. The summed E-state index contributed by atoms with van der Waals surface area (Å²) in [6, 6.07) is 0. The molecule has 2 fully saturated rings. The quantitative estimate of drug-likeness (QED) is 0.700. The molecule has 0 unspecified atom stereocenters. The first kappa shape index (κ1) is 17.4. The lowest BCUT2D eigenvalue weighted by atomic mass is 9.87. The fourth-order valence-electron chi connectivity index (χ4n) is 3.79. The minimum absolute atomic E-state index is 0.204. The van der Waals surface area contributed by atoms with Crippen molar-refractivity contribution in [3.63, 3.8) is 0 Å². The topological polar surface area (TPSA) is 57.5 Å². The Hall–Kier alpha value is -1.45. The van der Waals surface area contributed by atoms with Crippen LogP contribution in [-0.4, -0.2) is 66.3 Å². The number of hydrogen-bond acceptors (Lipinski definition) is 5. The average molecular weight is 332 g/mol. The van der Waals surface area contributed by atoms with E-state index >= 15 is 0 Å². The summed E-state index contributed by atoms with van der Waals surface area (Å²) in [4.78, 5) is 17.1. The van der Waals surface area contributed by atoms with Gasteiger partial charge in [-0.25, -0.2) is 0 Å². The minimum Gasteiger partial charge on any atom is -0.379 e. The van der Waals surface area contributed by atoms with Crippen molar-refractivity contribution in [3.05, 3.63) is 0 Å². The van der Waals surface area contributed by atoms with Gasteiger partial charge in [0.15, 0.2) is 5.66 Å². The number of nitrogens with zero attached hydrogens (tertiary/aromatic N) is 4. The number of likely N-dealkylation sites (tertiary alicyclic amines) is 1. The first-order valence-electron chi connectivity index (χ1n) is 9.05. The van der Waals surface area contributed by atoms with Crippen LogP contribution in [0.15, 0.2) is 10.2 Å². The summed E-state index contributed by atoms with van der Waals surface area (Å²) in [5, 5.41) is 8.23. The highest BCUT2D eigenvalue weighted by molar-refractivity contribution is 5.76. The van der Waals surface area contributed by atoms with Crippen LogP contribution in [0.5, 0.6) is 0 Å². The third-order valence-corrected chi connectivity index (χ3v) is 5.76. The van der Waals surface area contributed by atoms with Gasteiger partial charge in [0.1, 0.15) is 0 Å². The number of terminal acetylenes is 1. The van der Waals surface area contributed by atoms with E-state index in [1.165, 1.54) is 0 Å². The molecule has 0 radical (unpaired) electrons. The van der Waals surface area contributed by atoms with Gasteiger partial charge < -0.3 is 9.64 Å². The van der Waals surface area contributed by atoms with Crippen LogP contribution in [0, 0.1) is 12.3 Å². The van der Waals surface area contributed by atoms with Gasteiger partial charge in [-0.3, -0.25) is 9.69 Å². The van der Waals surface area contributed by atoms with Crippen molar-refractivity contribution >= 4 is 5.91 Å². The first-order valence-corrected chi connectivity index (χ1v) is 9.05. The molecule has 6 nitrogen and oxygen atoms in total. The number of carbonyl (C=O) groups is 1. The molecule has 2 saturated heterocycles. The molecule has 0 spiro atoms. The zero-order chi connectivity index (χ0) is 17.0. The Morgan fingerprint density at radius 3 is 2.42 bits per heavy atom. The normalized spacial score (nSPS) is 25.2. The maximum Gasteiger partial charge on any atom is 0.222 e. The van der Waals surface area contributed by atoms with Gasteiger partial charge in [0.2, 0.25) is 5.91 Å². The number of ether oxygens (including phenoxy) is 1. The standard InChI is InChI=1S/C18H28N4O2/c1-3-4-6-18(19-20-18)7-5-16(23)21-10-8-17(2,9-11-21)22-12-14-24-15-13-22/h1H,4-15H2,2H3. The predicted octanol–water partition coefficient (Wildman–Crippen LogP) is 2.06. The van der Waals surface area contributed by atoms with E-state index in [4.69, 9.17) is 11.2 Å². The second-order valence-electron chi connectivity index (χ2n) is 7.36. The van der Waals surface area contributed by atoms with Crippen LogP contribution >= 0.6 is 0 Å². The van der Waals surface area contributed by atoms with Gasteiger partial charge in [0, 0.05) is 57.4 Å². The van der Waals surface area contributed by atoms with Crippen molar-refractivity contribution in [2.75, 3.05) is 39.4 Å². The van der Waals surface area contributed by atoms with Crippen LogP contribution in [0.3, 0.4) is 0 Å². The largest absolute Gasteiger partial charge is 0.379 e. The summed E-state index contributed by atoms with van der Waals surface area (Å²) in [5.74, 6) is 2.86. The first-order chi connectivity index (χ1) is 11.6. The lowest BCUT2D eigenvalue weighted by molar-refractivity contribution is -0.134. The highest BCUT2D eigenvalue weighted by Crippen LogP contribution is 2.38. The molecule has 0 aromatic rings. The van der Waals surface area contributed by atoms with Crippen molar-refractivity contribution < 1.29 is 9.53 Å². The third kappa shape index (κ3) is 3.96. The van der Waals surface area contributed by atoms with Crippen LogP contribution in [-0.2, 0) is 9.53 Å². The Kier molecular flexibility index (Phi) is 5.21. The van der Waals surface area contributed by atoms with E-state index in [0.29, 0.717) is 19.3 Å². The number of morpholine rings is 1. The molecule has 3 rings (SSSR count). The molecule has 3 heterocycles. The molecule has 132 valence electrons. The number of amides is 1. The number of carbonyl (C=O) groups excluding carboxylic acids is 1. The van der Waals surface area contributed by atoms with Crippen molar-refractivity contribution in [2.45, 2.75) is 56.7 Å². The van der Waals surface area contributed by atoms with Crippen molar-refractivity contribution in [3.8, 4) is 12.3 Å². The van der Waals surface area contributed by atoms with E-state index in [0.717, 1.165) is 58.7 Å². The molecule has 24 heavy (non-hydrogen) atoms. The zero-order valence-corrected chi connectivity index (χ0v) is 14.7. The monoisotopic (exact) mass is 332 g/mol. The number of piperidine rings is 1.